The first-order valence-electron chi connectivity index (χ1n) is 5.31. The van der Waals surface area contributed by atoms with E-state index in [2.05, 4.69) is 10.3 Å². The first-order chi connectivity index (χ1) is 8.19. The molecule has 0 atom stereocenters. The molecule has 0 aliphatic carbocycles. The Balaban J connectivity index is 2.22. The minimum absolute atomic E-state index is 0.639. The van der Waals surface area contributed by atoms with E-state index in [-0.39, 0.29) is 0 Å². The minimum atomic E-state index is 0.639. The number of anilines is 3. The van der Waals surface area contributed by atoms with Gasteiger partial charge in [-0.25, -0.2) is 0 Å². The number of nitrogens with two attached hydrogens (primary N) is 1. The monoisotopic (exact) mass is 229 g/mol. The van der Waals surface area contributed by atoms with Gasteiger partial charge in [-0.1, -0.05) is 0 Å². The number of pyridine rings is 1. The summed E-state index contributed by atoms with van der Waals surface area (Å²) in [5, 5.41) is 3.24. The molecule has 0 unspecified atom stereocenters. The number of hydrogen-bond donors (Lipinski definition) is 2. The molecule has 1 aromatic heterocycles. The van der Waals surface area contributed by atoms with E-state index in [1.807, 2.05) is 31.2 Å². The van der Waals surface area contributed by atoms with Crippen LogP contribution in [0.3, 0.4) is 0 Å². The number of methoxy groups -OCH3 is 1. The average molecular weight is 229 g/mol. The van der Waals surface area contributed by atoms with Crippen LogP contribution in [0.4, 0.5) is 17.1 Å². The van der Waals surface area contributed by atoms with Crippen LogP contribution < -0.4 is 15.8 Å². The molecule has 0 radical (unpaired) electrons. The lowest BCUT2D eigenvalue weighted by molar-refractivity contribution is 0.412. The van der Waals surface area contributed by atoms with E-state index in [0.29, 0.717) is 5.69 Å². The summed E-state index contributed by atoms with van der Waals surface area (Å²) >= 11 is 0. The predicted octanol–water partition coefficient (Wildman–Crippen LogP) is 2.72. The van der Waals surface area contributed by atoms with Crippen LogP contribution in [0.2, 0.25) is 0 Å². The number of aromatic nitrogens is 1. The number of ether oxygens (including phenoxy) is 1. The van der Waals surface area contributed by atoms with E-state index in [0.717, 1.165) is 22.7 Å². The molecule has 17 heavy (non-hydrogen) atoms. The molecule has 4 heteroatoms. The molecule has 1 heterocycles. The van der Waals surface area contributed by atoms with Crippen molar-refractivity contribution in [1.82, 2.24) is 4.98 Å². The number of aryl methyl sites for hydroxylation is 1. The third kappa shape index (κ3) is 2.66. The van der Waals surface area contributed by atoms with Gasteiger partial charge in [-0.05, 0) is 36.8 Å². The number of nitrogen functional groups attached to an aromatic ring is 1. The maximum Gasteiger partial charge on any atom is 0.121 e. The molecule has 88 valence electrons. The Morgan fingerprint density at radius 3 is 2.65 bits per heavy atom. The normalized spacial score (nSPS) is 10.0. The van der Waals surface area contributed by atoms with E-state index in [4.69, 9.17) is 10.5 Å². The molecule has 1 aromatic carbocycles. The van der Waals surface area contributed by atoms with E-state index < -0.39 is 0 Å². The fraction of sp³-hybridized carbons (Fsp3) is 0.154. The van der Waals surface area contributed by atoms with Crippen LogP contribution in [-0.4, -0.2) is 12.1 Å². The van der Waals surface area contributed by atoms with Crippen LogP contribution in [0.25, 0.3) is 0 Å². The zero-order chi connectivity index (χ0) is 12.3. The molecule has 0 amide bonds. The van der Waals surface area contributed by atoms with E-state index >= 15 is 0 Å². The van der Waals surface area contributed by atoms with Crippen LogP contribution >= 0.6 is 0 Å². The van der Waals surface area contributed by atoms with Crippen molar-refractivity contribution >= 4 is 17.1 Å². The Hall–Kier alpha value is -2.23. The summed E-state index contributed by atoms with van der Waals surface area (Å²) in [5.41, 5.74) is 9.23. The largest absolute Gasteiger partial charge is 0.496 e. The van der Waals surface area contributed by atoms with Gasteiger partial charge in [0.15, 0.2) is 0 Å². The summed E-state index contributed by atoms with van der Waals surface area (Å²) in [6.45, 7) is 2.00. The third-order valence-corrected chi connectivity index (χ3v) is 2.44. The quantitative estimate of drug-likeness (QED) is 0.849. The number of rotatable bonds is 3. The third-order valence-electron chi connectivity index (χ3n) is 2.44. The number of hydrogen-bond acceptors (Lipinski definition) is 4. The number of nitrogens with one attached hydrogen (secondary N) is 1. The summed E-state index contributed by atoms with van der Waals surface area (Å²) in [4.78, 5) is 4.02. The highest BCUT2D eigenvalue weighted by molar-refractivity contribution is 5.63. The summed E-state index contributed by atoms with van der Waals surface area (Å²) in [6.07, 6.45) is 3.35. The van der Waals surface area contributed by atoms with E-state index in [1.165, 1.54) is 0 Å². The van der Waals surface area contributed by atoms with Gasteiger partial charge in [0.25, 0.3) is 0 Å². The van der Waals surface area contributed by atoms with Crippen molar-refractivity contribution in [3.63, 3.8) is 0 Å². The second kappa shape index (κ2) is 4.74. The Labute approximate surface area is 100 Å². The highest BCUT2D eigenvalue weighted by atomic mass is 16.5. The summed E-state index contributed by atoms with van der Waals surface area (Å²) in [6, 6.07) is 7.74. The van der Waals surface area contributed by atoms with Crippen molar-refractivity contribution in [3.8, 4) is 5.75 Å². The smallest absolute Gasteiger partial charge is 0.121 e. The Morgan fingerprint density at radius 2 is 2.00 bits per heavy atom. The van der Waals surface area contributed by atoms with Crippen molar-refractivity contribution in [2.45, 2.75) is 6.92 Å². The molecule has 4 nitrogen and oxygen atoms in total. The molecular formula is C13H15N3O. The number of nitrogens with zero attached hydrogens (tertiary/aromatic N) is 1. The Morgan fingerprint density at radius 1 is 1.18 bits per heavy atom. The van der Waals surface area contributed by atoms with Gasteiger partial charge in [0.05, 0.1) is 24.7 Å². The molecule has 0 saturated heterocycles. The average Bonchev–Trinajstić information content (AvgIpc) is 2.29. The van der Waals surface area contributed by atoms with Crippen LogP contribution in [0.5, 0.6) is 5.75 Å². The second-order valence-electron chi connectivity index (χ2n) is 3.82. The molecule has 2 aromatic rings. The lowest BCUT2D eigenvalue weighted by Crippen LogP contribution is -1.95. The minimum Gasteiger partial charge on any atom is -0.496 e. The summed E-state index contributed by atoms with van der Waals surface area (Å²) in [7, 11) is 1.66. The van der Waals surface area contributed by atoms with Gasteiger partial charge in [0.2, 0.25) is 0 Å². The fourth-order valence-electron chi connectivity index (χ4n) is 1.65. The van der Waals surface area contributed by atoms with E-state index in [1.54, 1.807) is 19.5 Å². The van der Waals surface area contributed by atoms with Gasteiger partial charge in [0.1, 0.15) is 5.75 Å². The van der Waals surface area contributed by atoms with Crippen molar-refractivity contribution in [1.29, 1.82) is 0 Å². The van der Waals surface area contributed by atoms with Gasteiger partial charge in [-0.2, -0.15) is 0 Å². The first kappa shape index (κ1) is 11.3. The molecule has 0 fully saturated rings. The molecule has 0 bridgehead atoms. The van der Waals surface area contributed by atoms with Crippen LogP contribution in [-0.2, 0) is 0 Å². The lowest BCUT2D eigenvalue weighted by atomic mass is 10.2. The van der Waals surface area contributed by atoms with Gasteiger partial charge in [-0.15, -0.1) is 0 Å². The van der Waals surface area contributed by atoms with Gasteiger partial charge < -0.3 is 15.8 Å². The lowest BCUT2D eigenvalue weighted by Gasteiger charge is -2.09. The standard InChI is InChI=1S/C13H15N3O/c1-9-5-11(3-4-13(9)17-2)16-12-6-10(14)7-15-8-12/h3-8,16H,14H2,1-2H3. The molecule has 3 N–H and O–H groups in total. The van der Waals surface area contributed by atoms with Crippen molar-refractivity contribution in [2.24, 2.45) is 0 Å². The predicted molar refractivity (Wildman–Crippen MR) is 69.7 cm³/mol. The summed E-state index contributed by atoms with van der Waals surface area (Å²) < 4.78 is 5.21. The highest BCUT2D eigenvalue weighted by Gasteiger charge is 2.00. The SMILES string of the molecule is COc1ccc(Nc2cncc(N)c2)cc1C. The maximum absolute atomic E-state index is 5.67. The van der Waals surface area contributed by atoms with Crippen LogP contribution in [0.15, 0.2) is 36.7 Å². The van der Waals surface area contributed by atoms with Crippen LogP contribution in [0, 0.1) is 6.92 Å². The molecule has 0 saturated carbocycles. The zero-order valence-electron chi connectivity index (χ0n) is 9.90. The Bertz CT molecular complexity index is 526. The van der Waals surface area contributed by atoms with Crippen molar-refractivity contribution in [3.05, 3.63) is 42.2 Å². The van der Waals surface area contributed by atoms with Gasteiger partial charge >= 0.3 is 0 Å². The maximum atomic E-state index is 5.67. The van der Waals surface area contributed by atoms with Crippen LogP contribution in [0.1, 0.15) is 5.56 Å². The highest BCUT2D eigenvalue weighted by Crippen LogP contribution is 2.24. The second-order valence-corrected chi connectivity index (χ2v) is 3.82. The van der Waals surface area contributed by atoms with E-state index in [9.17, 15) is 0 Å². The summed E-state index contributed by atoms with van der Waals surface area (Å²) in [5.74, 6) is 0.876. The first-order valence-corrected chi connectivity index (χ1v) is 5.31. The van der Waals surface area contributed by atoms with Gasteiger partial charge in [-0.3, -0.25) is 4.98 Å². The molecule has 0 spiro atoms. The zero-order valence-corrected chi connectivity index (χ0v) is 9.90. The fourth-order valence-corrected chi connectivity index (χ4v) is 1.65. The Kier molecular flexibility index (Phi) is 3.14. The molecule has 0 aliphatic rings. The topological polar surface area (TPSA) is 60.2 Å². The van der Waals surface area contributed by atoms with Crippen molar-refractivity contribution < 1.29 is 4.74 Å². The molecule has 0 aliphatic heterocycles. The molecule has 2 rings (SSSR count). The van der Waals surface area contributed by atoms with Crippen molar-refractivity contribution in [2.75, 3.05) is 18.2 Å². The van der Waals surface area contributed by atoms with Gasteiger partial charge in [0, 0.05) is 11.9 Å². The molecular weight excluding hydrogens is 214 g/mol. The number of benzene rings is 1.